The van der Waals surface area contributed by atoms with Crippen molar-refractivity contribution in [1.29, 1.82) is 0 Å². The van der Waals surface area contributed by atoms with Crippen LogP contribution in [0.5, 0.6) is 0 Å². The molecular weight excluding hydrogens is 469 g/mol. The number of alkyl halides is 3. The molecule has 0 saturated carbocycles. The summed E-state index contributed by atoms with van der Waals surface area (Å²) in [5, 5.41) is 13.0. The zero-order valence-electron chi connectivity index (χ0n) is 18.6. The Kier molecular flexibility index (Phi) is 6.22. The molecule has 2 amide bonds. The molecule has 1 aliphatic carbocycles. The molecule has 2 unspecified atom stereocenters. The van der Waals surface area contributed by atoms with E-state index in [1.54, 1.807) is 5.32 Å². The van der Waals surface area contributed by atoms with E-state index < -0.39 is 47.7 Å². The van der Waals surface area contributed by atoms with Crippen LogP contribution in [0.4, 0.5) is 18.0 Å². The number of carboxylic acids is 1. The van der Waals surface area contributed by atoms with Crippen LogP contribution >= 0.6 is 0 Å². The number of hydrogen-bond acceptors (Lipinski definition) is 5. The van der Waals surface area contributed by atoms with Gasteiger partial charge in [0.05, 0.1) is 6.61 Å². The van der Waals surface area contributed by atoms with Gasteiger partial charge in [0.25, 0.3) is 5.91 Å². The first-order valence-electron chi connectivity index (χ1n) is 10.8. The number of hydrogen-bond donors (Lipinski definition) is 3. The maximum absolute atomic E-state index is 13.9. The third kappa shape index (κ3) is 4.31. The molecule has 186 valence electrons. The third-order valence-corrected chi connectivity index (χ3v) is 6.50. The molecule has 1 fully saturated rings. The van der Waals surface area contributed by atoms with Gasteiger partial charge in [-0.25, -0.2) is 9.59 Å². The number of ether oxygens (including phenoxy) is 2. The number of aliphatic carboxylic acids is 1. The number of carbonyl (C=O) groups excluding carboxylic acids is 2. The van der Waals surface area contributed by atoms with Crippen molar-refractivity contribution in [3.63, 3.8) is 0 Å². The van der Waals surface area contributed by atoms with Gasteiger partial charge in [-0.15, -0.1) is 0 Å². The van der Waals surface area contributed by atoms with Crippen molar-refractivity contribution in [3.8, 4) is 11.1 Å². The molecule has 0 bridgehead atoms. The molecule has 2 aromatic carbocycles. The maximum atomic E-state index is 13.9. The standard InChI is InChI=1S/C24H23F3N2O6/c1-22(24(25,26)27,19(30)28-23(20(31)32)10-11-34-13-23)29-21(33)35-12-18-16-8-4-2-6-14(16)15-7-3-5-9-17(15)18/h2-9,18H,10-13H2,1H3,(H,28,30)(H,29,33)(H,31,32). The number of halogens is 3. The Morgan fingerprint density at radius 2 is 1.66 bits per heavy atom. The van der Waals surface area contributed by atoms with Crippen molar-refractivity contribution in [3.05, 3.63) is 59.7 Å². The van der Waals surface area contributed by atoms with Gasteiger partial charge in [-0.05, 0) is 29.2 Å². The van der Waals surface area contributed by atoms with Crippen LogP contribution in [0.2, 0.25) is 0 Å². The van der Waals surface area contributed by atoms with Crippen LogP contribution in [0.15, 0.2) is 48.5 Å². The molecule has 8 nitrogen and oxygen atoms in total. The second kappa shape index (κ2) is 8.88. The predicted octanol–water partition coefficient (Wildman–Crippen LogP) is 3.21. The highest BCUT2D eigenvalue weighted by atomic mass is 19.4. The summed E-state index contributed by atoms with van der Waals surface area (Å²) >= 11 is 0. The van der Waals surface area contributed by atoms with Crippen molar-refractivity contribution in [2.75, 3.05) is 19.8 Å². The molecule has 0 aromatic heterocycles. The Bertz CT molecular complexity index is 1120. The number of carboxylic acid groups (broad SMARTS) is 1. The summed E-state index contributed by atoms with van der Waals surface area (Å²) in [6, 6.07) is 14.9. The average molecular weight is 492 g/mol. The molecule has 2 aromatic rings. The second-order valence-electron chi connectivity index (χ2n) is 8.72. The largest absolute Gasteiger partial charge is 0.479 e. The normalized spacial score (nSPS) is 20.9. The Hall–Kier alpha value is -3.60. The topological polar surface area (TPSA) is 114 Å². The minimum Gasteiger partial charge on any atom is -0.479 e. The minimum atomic E-state index is -5.25. The van der Waals surface area contributed by atoms with Crippen LogP contribution in [0.1, 0.15) is 30.4 Å². The molecule has 2 aliphatic rings. The lowest BCUT2D eigenvalue weighted by Crippen LogP contribution is -2.69. The molecule has 0 spiro atoms. The number of nitrogens with one attached hydrogen (secondary N) is 2. The van der Waals surface area contributed by atoms with Gasteiger partial charge in [0.1, 0.15) is 6.61 Å². The van der Waals surface area contributed by atoms with Crippen LogP contribution < -0.4 is 10.6 Å². The van der Waals surface area contributed by atoms with Crippen LogP contribution in [0.3, 0.4) is 0 Å². The molecule has 1 heterocycles. The summed E-state index contributed by atoms with van der Waals surface area (Å²) < 4.78 is 51.9. The molecule has 1 saturated heterocycles. The lowest BCUT2D eigenvalue weighted by molar-refractivity contribution is -0.195. The van der Waals surface area contributed by atoms with E-state index in [0.717, 1.165) is 22.3 Å². The zero-order valence-corrected chi connectivity index (χ0v) is 18.6. The van der Waals surface area contributed by atoms with E-state index in [-0.39, 0.29) is 19.6 Å². The first-order valence-corrected chi connectivity index (χ1v) is 10.8. The molecule has 0 radical (unpaired) electrons. The van der Waals surface area contributed by atoms with Gasteiger partial charge in [0, 0.05) is 18.9 Å². The summed E-state index contributed by atoms with van der Waals surface area (Å²) in [4.78, 5) is 36.8. The lowest BCUT2D eigenvalue weighted by atomic mass is 9.94. The van der Waals surface area contributed by atoms with E-state index in [0.29, 0.717) is 6.92 Å². The number of benzene rings is 2. The van der Waals surface area contributed by atoms with E-state index in [1.165, 1.54) is 0 Å². The van der Waals surface area contributed by atoms with Crippen LogP contribution in [-0.2, 0) is 19.1 Å². The summed E-state index contributed by atoms with van der Waals surface area (Å²) in [5.74, 6) is -3.66. The Morgan fingerprint density at radius 3 is 2.14 bits per heavy atom. The second-order valence-corrected chi connectivity index (χ2v) is 8.72. The Labute approximate surface area is 198 Å². The van der Waals surface area contributed by atoms with E-state index in [2.05, 4.69) is 0 Å². The quantitative estimate of drug-likeness (QED) is 0.571. The zero-order chi connectivity index (χ0) is 25.4. The van der Waals surface area contributed by atoms with Crippen molar-refractivity contribution in [2.45, 2.75) is 36.5 Å². The summed E-state index contributed by atoms with van der Waals surface area (Å²) in [5.41, 5.74) is -1.86. The fraction of sp³-hybridized carbons (Fsp3) is 0.375. The van der Waals surface area contributed by atoms with E-state index in [1.807, 2.05) is 53.8 Å². The number of carbonyl (C=O) groups is 3. The van der Waals surface area contributed by atoms with Crippen molar-refractivity contribution in [1.82, 2.24) is 10.6 Å². The van der Waals surface area contributed by atoms with Crippen LogP contribution in [0.25, 0.3) is 11.1 Å². The van der Waals surface area contributed by atoms with E-state index in [9.17, 15) is 32.7 Å². The van der Waals surface area contributed by atoms with E-state index in [4.69, 9.17) is 9.47 Å². The fourth-order valence-corrected chi connectivity index (χ4v) is 4.32. The number of amides is 2. The van der Waals surface area contributed by atoms with Gasteiger partial charge in [-0.3, -0.25) is 10.1 Å². The van der Waals surface area contributed by atoms with Gasteiger partial charge in [0.15, 0.2) is 5.54 Å². The van der Waals surface area contributed by atoms with E-state index >= 15 is 0 Å². The van der Waals surface area contributed by atoms with Crippen molar-refractivity contribution < 1.29 is 42.1 Å². The van der Waals surface area contributed by atoms with Gasteiger partial charge < -0.3 is 19.9 Å². The fourth-order valence-electron chi connectivity index (χ4n) is 4.32. The monoisotopic (exact) mass is 492 g/mol. The molecule has 3 N–H and O–H groups in total. The molecule has 2 atom stereocenters. The van der Waals surface area contributed by atoms with Gasteiger partial charge in [-0.1, -0.05) is 48.5 Å². The van der Waals surface area contributed by atoms with Crippen molar-refractivity contribution >= 4 is 18.0 Å². The van der Waals surface area contributed by atoms with Gasteiger partial charge in [0.2, 0.25) is 5.54 Å². The average Bonchev–Trinajstić information content (AvgIpc) is 3.40. The minimum absolute atomic E-state index is 0.0465. The highest BCUT2D eigenvalue weighted by Crippen LogP contribution is 2.44. The van der Waals surface area contributed by atoms with Gasteiger partial charge >= 0.3 is 18.2 Å². The Balaban J connectivity index is 1.50. The molecule has 11 heteroatoms. The lowest BCUT2D eigenvalue weighted by Gasteiger charge is -2.34. The smallest absolute Gasteiger partial charge is 0.420 e. The third-order valence-electron chi connectivity index (χ3n) is 6.50. The number of fused-ring (bicyclic) bond motifs is 3. The molecule has 1 aliphatic heterocycles. The van der Waals surface area contributed by atoms with Crippen LogP contribution in [-0.4, -0.2) is 60.2 Å². The summed E-state index contributed by atoms with van der Waals surface area (Å²) in [6.07, 6.45) is -6.93. The molecule has 4 rings (SSSR count). The number of alkyl carbamates (subject to hydrolysis) is 1. The van der Waals surface area contributed by atoms with Crippen LogP contribution in [0, 0.1) is 0 Å². The van der Waals surface area contributed by atoms with Gasteiger partial charge in [-0.2, -0.15) is 13.2 Å². The molecular formula is C24H23F3N2O6. The highest BCUT2D eigenvalue weighted by Gasteiger charge is 2.60. The first kappa shape index (κ1) is 24.5. The summed E-state index contributed by atoms with van der Waals surface area (Å²) in [7, 11) is 0. The first-order chi connectivity index (χ1) is 16.5. The predicted molar refractivity (Wildman–Crippen MR) is 117 cm³/mol. The summed E-state index contributed by atoms with van der Waals surface area (Å²) in [6.45, 7) is -0.348. The van der Waals surface area contributed by atoms with Crippen molar-refractivity contribution in [2.24, 2.45) is 0 Å². The Morgan fingerprint density at radius 1 is 1.09 bits per heavy atom. The highest BCUT2D eigenvalue weighted by molar-refractivity contribution is 5.95. The molecule has 35 heavy (non-hydrogen) atoms. The number of rotatable bonds is 6. The SMILES string of the molecule is CC(NC(=O)OCC1c2ccccc2-c2ccccc21)(C(=O)NC1(C(=O)O)CCOC1)C(F)(F)F. The maximum Gasteiger partial charge on any atom is 0.420 e.